The average molecular weight is 606 g/mol. The van der Waals surface area contributed by atoms with E-state index < -0.39 is 6.04 Å². The molecule has 2 aromatic carbocycles. The first-order valence-corrected chi connectivity index (χ1v) is 14.7. The molecule has 4 heterocycles. The second-order valence-corrected chi connectivity index (χ2v) is 11.7. The van der Waals surface area contributed by atoms with Crippen molar-refractivity contribution in [3.63, 3.8) is 0 Å². The third-order valence-electron chi connectivity index (χ3n) is 8.33. The van der Waals surface area contributed by atoms with Gasteiger partial charge in [-0.2, -0.15) is 0 Å². The fourth-order valence-corrected chi connectivity index (χ4v) is 6.82. The van der Waals surface area contributed by atoms with Gasteiger partial charge < -0.3 is 9.80 Å². The van der Waals surface area contributed by atoms with Gasteiger partial charge in [-0.15, -0.1) is 5.10 Å². The lowest BCUT2D eigenvalue weighted by molar-refractivity contribution is -0.133. The predicted octanol–water partition coefficient (Wildman–Crippen LogP) is 5.10. The first-order chi connectivity index (χ1) is 20.2. The Balaban J connectivity index is 1.14. The summed E-state index contributed by atoms with van der Waals surface area (Å²) in [5.41, 5.74) is 3.52. The Kier molecular flexibility index (Phi) is 7.64. The topological polar surface area (TPSA) is 93.3 Å². The van der Waals surface area contributed by atoms with Gasteiger partial charge in [-0.1, -0.05) is 52.7 Å². The minimum Gasteiger partial charge on any atom is -0.338 e. The highest BCUT2D eigenvalue weighted by atomic mass is 35.5. The number of amides is 2. The summed E-state index contributed by atoms with van der Waals surface area (Å²) in [6.07, 6.45) is 3.70. The number of carbonyl (C=O) groups excluding carboxylic acids is 2. The van der Waals surface area contributed by atoms with Gasteiger partial charge in [0, 0.05) is 48.7 Å². The fourth-order valence-electron chi connectivity index (χ4n) is 6.23. The van der Waals surface area contributed by atoms with Crippen LogP contribution >= 0.6 is 23.2 Å². The molecule has 1 atom stereocenters. The summed E-state index contributed by atoms with van der Waals surface area (Å²) < 4.78 is 3.19. The summed E-state index contributed by atoms with van der Waals surface area (Å²) in [5, 5.41) is 9.41. The zero-order valence-electron chi connectivity index (χ0n) is 23.3. The van der Waals surface area contributed by atoms with E-state index >= 15 is 0 Å². The molecule has 0 saturated carbocycles. The van der Waals surface area contributed by atoms with E-state index in [1.807, 2.05) is 54.0 Å². The highest BCUT2D eigenvalue weighted by Crippen LogP contribution is 2.35. The molecule has 2 aromatic heterocycles. The summed E-state index contributed by atoms with van der Waals surface area (Å²) in [6.45, 7) is 5.30. The summed E-state index contributed by atoms with van der Waals surface area (Å²) in [6, 6.07) is 15.7. The number of rotatable bonds is 5. The van der Waals surface area contributed by atoms with E-state index in [4.69, 9.17) is 23.2 Å². The van der Waals surface area contributed by atoms with Gasteiger partial charge in [0.1, 0.15) is 11.7 Å². The van der Waals surface area contributed by atoms with Gasteiger partial charge in [0.05, 0.1) is 21.8 Å². The molecule has 6 rings (SSSR count). The first-order valence-electron chi connectivity index (χ1n) is 14.0. The fraction of sp³-hybridized carbons (Fsp3) is 0.323. The molecule has 2 saturated heterocycles. The maximum absolute atomic E-state index is 13.7. The Hall–Kier alpha value is -3.95. The Bertz CT molecular complexity index is 1710. The molecular weight excluding hydrogens is 575 g/mol. The van der Waals surface area contributed by atoms with Crippen LogP contribution in [0.1, 0.15) is 46.9 Å². The SMILES string of the molecule is Cc1cc(=O)n(-c2ccccc2)c(C)c1C(=O)N1CCC(N2CCC(n3cc(-c4c(Cl)cccc4Cl)nn3)C2=O)CC1. The van der Waals surface area contributed by atoms with Crippen molar-refractivity contribution in [1.29, 1.82) is 0 Å². The van der Waals surface area contributed by atoms with Crippen molar-refractivity contribution in [3.05, 3.63) is 98.0 Å². The molecule has 0 radical (unpaired) electrons. The van der Waals surface area contributed by atoms with Crippen LogP contribution < -0.4 is 5.56 Å². The van der Waals surface area contributed by atoms with E-state index in [2.05, 4.69) is 10.3 Å². The van der Waals surface area contributed by atoms with Crippen LogP contribution in [-0.4, -0.2) is 66.9 Å². The summed E-state index contributed by atoms with van der Waals surface area (Å²) in [5.74, 6) is -0.0877. The molecule has 0 aliphatic carbocycles. The molecular formula is C31H30Cl2N6O3. The highest BCUT2D eigenvalue weighted by molar-refractivity contribution is 6.39. The predicted molar refractivity (Wildman–Crippen MR) is 161 cm³/mol. The maximum Gasteiger partial charge on any atom is 0.255 e. The number of benzene rings is 2. The van der Waals surface area contributed by atoms with Crippen LogP contribution in [0.15, 0.2) is 65.6 Å². The number of aryl methyl sites for hydroxylation is 1. The van der Waals surface area contributed by atoms with E-state index in [-0.39, 0.29) is 23.4 Å². The number of piperidine rings is 1. The molecule has 2 fully saturated rings. The van der Waals surface area contributed by atoms with Crippen molar-refractivity contribution in [2.75, 3.05) is 19.6 Å². The summed E-state index contributed by atoms with van der Waals surface area (Å²) in [7, 11) is 0. The number of aromatic nitrogens is 4. The van der Waals surface area contributed by atoms with Crippen LogP contribution in [-0.2, 0) is 4.79 Å². The molecule has 216 valence electrons. The molecule has 2 aliphatic heterocycles. The zero-order valence-corrected chi connectivity index (χ0v) is 24.8. The second kappa shape index (κ2) is 11.4. The number of carbonyl (C=O) groups is 2. The number of pyridine rings is 1. The van der Waals surface area contributed by atoms with Gasteiger partial charge in [0.15, 0.2) is 0 Å². The van der Waals surface area contributed by atoms with Crippen molar-refractivity contribution in [2.24, 2.45) is 0 Å². The van der Waals surface area contributed by atoms with Crippen molar-refractivity contribution in [3.8, 4) is 16.9 Å². The van der Waals surface area contributed by atoms with Crippen LogP contribution in [0.4, 0.5) is 0 Å². The monoisotopic (exact) mass is 604 g/mol. The molecule has 2 amide bonds. The van der Waals surface area contributed by atoms with E-state index in [0.29, 0.717) is 77.0 Å². The Morgan fingerprint density at radius 1 is 0.905 bits per heavy atom. The van der Waals surface area contributed by atoms with Crippen LogP contribution in [0.25, 0.3) is 16.9 Å². The standard InChI is InChI=1S/C31H30Cl2N6O3/c1-19-17-27(40)39(22-7-4-3-5-8-22)20(2)28(19)31(42)36-14-11-21(12-15-36)37-16-13-26(30(37)41)38-18-25(34-35-38)29-23(32)9-6-10-24(29)33/h3-10,17-18,21,26H,11-16H2,1-2H3. The number of halogens is 2. The Morgan fingerprint density at radius 2 is 1.60 bits per heavy atom. The zero-order chi connectivity index (χ0) is 29.5. The van der Waals surface area contributed by atoms with Crippen molar-refractivity contribution in [1.82, 2.24) is 29.4 Å². The molecule has 0 spiro atoms. The van der Waals surface area contributed by atoms with Gasteiger partial charge in [-0.25, -0.2) is 4.68 Å². The average Bonchev–Trinajstić information content (AvgIpc) is 3.60. The van der Waals surface area contributed by atoms with E-state index in [0.717, 1.165) is 5.69 Å². The van der Waals surface area contributed by atoms with Gasteiger partial charge in [-0.05, 0) is 62.9 Å². The van der Waals surface area contributed by atoms with Crippen LogP contribution in [0.5, 0.6) is 0 Å². The third-order valence-corrected chi connectivity index (χ3v) is 8.96. The molecule has 2 aliphatic rings. The lowest BCUT2D eigenvalue weighted by Gasteiger charge is -2.37. The molecule has 0 N–H and O–H groups in total. The van der Waals surface area contributed by atoms with Crippen molar-refractivity contribution in [2.45, 2.75) is 45.2 Å². The van der Waals surface area contributed by atoms with Gasteiger partial charge >= 0.3 is 0 Å². The second-order valence-electron chi connectivity index (χ2n) is 10.8. The van der Waals surface area contributed by atoms with Gasteiger partial charge in [-0.3, -0.25) is 19.0 Å². The molecule has 4 aromatic rings. The largest absolute Gasteiger partial charge is 0.338 e. The number of hydrogen-bond acceptors (Lipinski definition) is 5. The lowest BCUT2D eigenvalue weighted by Crippen LogP contribution is -2.48. The normalized spacial score (nSPS) is 17.7. The molecule has 11 heteroatoms. The Morgan fingerprint density at radius 3 is 2.29 bits per heavy atom. The number of hydrogen-bond donors (Lipinski definition) is 0. The smallest absolute Gasteiger partial charge is 0.255 e. The molecule has 9 nitrogen and oxygen atoms in total. The minimum absolute atomic E-state index is 0.00288. The van der Waals surface area contributed by atoms with Crippen molar-refractivity contribution < 1.29 is 9.59 Å². The molecule has 0 bridgehead atoms. The van der Waals surface area contributed by atoms with Gasteiger partial charge in [0.2, 0.25) is 5.91 Å². The molecule has 1 unspecified atom stereocenters. The van der Waals surface area contributed by atoms with E-state index in [1.165, 1.54) is 6.07 Å². The maximum atomic E-state index is 13.7. The lowest BCUT2D eigenvalue weighted by atomic mass is 10.0. The van der Waals surface area contributed by atoms with Crippen LogP contribution in [0.2, 0.25) is 10.0 Å². The van der Waals surface area contributed by atoms with Crippen molar-refractivity contribution >= 4 is 35.0 Å². The molecule has 42 heavy (non-hydrogen) atoms. The quantitative estimate of drug-likeness (QED) is 0.316. The summed E-state index contributed by atoms with van der Waals surface area (Å²) >= 11 is 12.7. The summed E-state index contributed by atoms with van der Waals surface area (Å²) in [4.78, 5) is 43.8. The number of nitrogens with zero attached hydrogens (tertiary/aromatic N) is 6. The van der Waals surface area contributed by atoms with Gasteiger partial charge in [0.25, 0.3) is 11.5 Å². The number of para-hydroxylation sites is 1. The van der Waals surface area contributed by atoms with Crippen LogP contribution in [0.3, 0.4) is 0 Å². The minimum atomic E-state index is -0.448. The first kappa shape index (κ1) is 28.2. The van der Waals surface area contributed by atoms with Crippen LogP contribution in [0, 0.1) is 13.8 Å². The van der Waals surface area contributed by atoms with E-state index in [9.17, 15) is 14.4 Å². The highest BCUT2D eigenvalue weighted by Gasteiger charge is 2.39. The Labute approximate surface area is 253 Å². The third kappa shape index (κ3) is 5.01. The van der Waals surface area contributed by atoms with E-state index in [1.54, 1.807) is 33.6 Å². The number of likely N-dealkylation sites (tertiary alicyclic amines) is 2.